The van der Waals surface area contributed by atoms with E-state index in [2.05, 4.69) is 40.1 Å². The Balaban J connectivity index is -0.000000276. The van der Waals surface area contributed by atoms with E-state index in [1.54, 1.807) is 41.5 Å². The molecule has 23 nitrogen and oxygen atoms in total. The van der Waals surface area contributed by atoms with Gasteiger partial charge in [-0.25, -0.2) is 10.3 Å². The Bertz CT molecular complexity index is 3600. The molecule has 0 aliphatic heterocycles. The second-order valence-corrected chi connectivity index (χ2v) is 45.7. The first-order valence-electron chi connectivity index (χ1n) is 48.0. The molecule has 133 heavy (non-hydrogen) atoms. The predicted molar refractivity (Wildman–Crippen MR) is 553 cm³/mol. The Hall–Kier alpha value is -7.06. The predicted octanol–water partition coefficient (Wildman–Crippen LogP) is 25.2. The van der Waals surface area contributed by atoms with Gasteiger partial charge in [-0.3, -0.25) is 76.8 Å². The minimum atomic E-state index is -0.618. The van der Waals surface area contributed by atoms with Crippen molar-refractivity contribution in [3.8, 4) is 0 Å². The molecule has 0 spiro atoms. The lowest BCUT2D eigenvalue weighted by atomic mass is 9.84. The van der Waals surface area contributed by atoms with Gasteiger partial charge in [-0.2, -0.15) is 0 Å². The van der Waals surface area contributed by atoms with E-state index in [0.717, 1.165) is 75.3 Å². The zero-order valence-corrected chi connectivity index (χ0v) is 94.0. The van der Waals surface area contributed by atoms with Gasteiger partial charge in [0.1, 0.15) is 52.6 Å². The van der Waals surface area contributed by atoms with Crippen molar-refractivity contribution in [1.82, 2.24) is 21.4 Å². The molecule has 0 aliphatic carbocycles. The molecule has 0 saturated heterocycles. The monoisotopic (exact) mass is 2010 g/mol. The second-order valence-electron chi connectivity index (χ2n) is 44.7. The molecule has 0 radical (unpaired) electrons. The van der Waals surface area contributed by atoms with E-state index < -0.39 is 57.1 Å². The zero-order chi connectivity index (χ0) is 106. The van der Waals surface area contributed by atoms with E-state index >= 15 is 0 Å². The van der Waals surface area contributed by atoms with Crippen LogP contribution in [0.2, 0.25) is 0 Å². The molecule has 2 rings (SSSR count). The number of hydrogen-bond acceptors (Lipinski definition) is 19. The third-order valence-electron chi connectivity index (χ3n) is 19.6. The number of unbranched alkanes of at least 4 members (excludes halogenated alkanes) is 6. The molecule has 0 aliphatic rings. The molecule has 0 heterocycles. The lowest BCUT2D eigenvalue weighted by molar-refractivity contribution is -0.155. The maximum atomic E-state index is 12.7. The highest BCUT2D eigenvalue weighted by Gasteiger charge is 2.35. The summed E-state index contributed by atoms with van der Waals surface area (Å²) < 4.78 is 10.9. The van der Waals surface area contributed by atoms with Crippen LogP contribution in [0.3, 0.4) is 0 Å². The number of rotatable bonds is 38. The molecule has 768 valence electrons. The van der Waals surface area contributed by atoms with Crippen molar-refractivity contribution in [2.45, 2.75) is 454 Å². The van der Waals surface area contributed by atoms with Crippen molar-refractivity contribution < 1.29 is 91.0 Å². The number of amides is 4. The van der Waals surface area contributed by atoms with Crippen LogP contribution in [0, 0.1) is 48.7 Å². The molecule has 0 fully saturated rings. The maximum absolute atomic E-state index is 12.7. The summed E-state index contributed by atoms with van der Waals surface area (Å²) in [6.07, 6.45) is 15.3. The van der Waals surface area contributed by atoms with Gasteiger partial charge in [0.05, 0.1) is 22.6 Å². The van der Waals surface area contributed by atoms with Gasteiger partial charge in [0.2, 0.25) is 17.7 Å². The summed E-state index contributed by atoms with van der Waals surface area (Å²) in [5.41, 5.74) is 2.28. The molecule has 2 aromatic carbocycles. The summed E-state index contributed by atoms with van der Waals surface area (Å²) in [7, 11) is 0. The van der Waals surface area contributed by atoms with Crippen molar-refractivity contribution in [3.05, 3.63) is 70.8 Å². The summed E-state index contributed by atoms with van der Waals surface area (Å²) in [5, 5.41) is 8.23. The minimum Gasteiger partial charge on any atom is -0.460 e. The Kier molecular flexibility index (Phi) is 71.1. The average Bonchev–Trinajstić information content (AvgIpc) is 0.835. The topological polar surface area (TPSA) is 349 Å². The Labute approximate surface area is 825 Å². The largest absolute Gasteiger partial charge is 0.460 e. The Morgan fingerprint density at radius 3 is 0.827 bits per heavy atom. The van der Waals surface area contributed by atoms with Gasteiger partial charge in [-0.15, -0.1) is 11.6 Å². The SMILES string of the molecule is CC(=O)NOCC(=O)C(C)(C)C.CC(C)(C)OC(=O)CCCCC[C@H](NC(=O)OC(C)(C)C)C(=O)C(C)(C)C.CCC(=O)C(C)(C)C.CCC(=O)C(C)(C)C.CCC(=O)C(C)(C)C.CCC(=O)CCCCC[C@H](NC(=O)CCl)C(=O)C(C)(C)C.CCC(=O)CCCCC[C@H](NC(=O)CI)C(=O)C(C)(C)C.CCc1ccc(C(=O)C(C)(C)C)cc1.CCc1ccc(C(=O)C(C)(C)C)cc1. The summed E-state index contributed by atoms with van der Waals surface area (Å²) in [5.74, 6) is 0.913. The molecule has 2 aromatic rings. The first kappa shape index (κ1) is 139. The molecule has 0 aromatic heterocycles. The van der Waals surface area contributed by atoms with Crippen molar-refractivity contribution in [3.63, 3.8) is 0 Å². The smallest absolute Gasteiger partial charge is 0.408 e. The zero-order valence-electron chi connectivity index (χ0n) is 91.0. The Morgan fingerprint density at radius 1 is 0.331 bits per heavy atom. The second kappa shape index (κ2) is 68.0. The number of hydroxylamine groups is 1. The fourth-order valence-electron chi connectivity index (χ4n) is 11.2. The van der Waals surface area contributed by atoms with Crippen LogP contribution in [0.1, 0.15) is 444 Å². The summed E-state index contributed by atoms with van der Waals surface area (Å²) in [6.45, 7) is 77.0. The number of ketones is 11. The third-order valence-corrected chi connectivity index (χ3v) is 20.5. The summed E-state index contributed by atoms with van der Waals surface area (Å²) in [6, 6.07) is 14.3. The lowest BCUT2D eigenvalue weighted by Crippen LogP contribution is -2.47. The first-order chi connectivity index (χ1) is 60.1. The van der Waals surface area contributed by atoms with Crippen molar-refractivity contribution in [2.24, 2.45) is 48.7 Å². The molecule has 3 atom stereocenters. The number of benzene rings is 2. The lowest BCUT2D eigenvalue weighted by Gasteiger charge is -2.27. The first-order valence-corrected chi connectivity index (χ1v) is 50.1. The number of nitrogens with one attached hydrogen (secondary N) is 4. The van der Waals surface area contributed by atoms with Crippen LogP contribution >= 0.6 is 34.2 Å². The fourth-order valence-corrected chi connectivity index (χ4v) is 11.5. The van der Waals surface area contributed by atoms with E-state index in [9.17, 15) is 76.7 Å². The summed E-state index contributed by atoms with van der Waals surface area (Å²) >= 11 is 7.48. The molecule has 4 amide bonds. The van der Waals surface area contributed by atoms with Gasteiger partial charge in [-0.05, 0) is 104 Å². The number of hydrogen-bond donors (Lipinski definition) is 4. The number of Topliss-reactive ketones (excluding diaryl/α,β-unsaturated/α-hetero) is 11. The normalized spacial score (nSPS) is 12.3. The van der Waals surface area contributed by atoms with Gasteiger partial charge in [0, 0.05) is 118 Å². The number of carbonyl (C=O) groups is 16. The van der Waals surface area contributed by atoms with E-state index in [1.165, 1.54) is 18.1 Å². The molecule has 25 heteroatoms. The minimum absolute atomic E-state index is 0.0191. The summed E-state index contributed by atoms with van der Waals surface area (Å²) in [4.78, 5) is 189. The van der Waals surface area contributed by atoms with E-state index in [1.807, 2.05) is 293 Å². The molecular weight excluding hydrogens is 1820 g/mol. The van der Waals surface area contributed by atoms with E-state index in [-0.39, 0.29) is 110 Å². The molecular formula is C108H188ClIN4O19. The highest BCUT2D eigenvalue weighted by atomic mass is 127. The van der Waals surface area contributed by atoms with Crippen LogP contribution in [0.15, 0.2) is 48.5 Å². The fraction of sp³-hybridized carbons (Fsp3) is 0.741. The van der Waals surface area contributed by atoms with Crippen LogP contribution in [0.25, 0.3) is 0 Å². The van der Waals surface area contributed by atoms with Gasteiger partial charge < -0.3 is 25.4 Å². The van der Waals surface area contributed by atoms with Gasteiger partial charge in [0.15, 0.2) is 34.7 Å². The van der Waals surface area contributed by atoms with Crippen LogP contribution in [0.5, 0.6) is 0 Å². The number of ether oxygens (including phenoxy) is 2. The van der Waals surface area contributed by atoms with E-state index in [4.69, 9.17) is 21.1 Å². The molecule has 0 saturated carbocycles. The van der Waals surface area contributed by atoms with Gasteiger partial charge >= 0.3 is 12.1 Å². The van der Waals surface area contributed by atoms with Crippen molar-refractivity contribution >= 4 is 128 Å². The number of carbonyl (C=O) groups excluding carboxylic acids is 16. The van der Waals surface area contributed by atoms with Gasteiger partial charge in [-0.1, -0.05) is 345 Å². The number of halogens is 2. The van der Waals surface area contributed by atoms with Gasteiger partial charge in [0.25, 0.3) is 0 Å². The molecule has 4 N–H and O–H groups in total. The number of aryl methyl sites for hydroxylation is 2. The third kappa shape index (κ3) is 76.7. The van der Waals surface area contributed by atoms with Crippen LogP contribution in [0.4, 0.5) is 4.79 Å². The van der Waals surface area contributed by atoms with Crippen molar-refractivity contribution in [1.29, 1.82) is 0 Å². The average molecular weight is 2010 g/mol. The highest BCUT2D eigenvalue weighted by molar-refractivity contribution is 14.1. The highest BCUT2D eigenvalue weighted by Crippen LogP contribution is 2.28. The van der Waals surface area contributed by atoms with Crippen LogP contribution in [-0.4, -0.2) is 140 Å². The number of alkyl carbamates (subject to hydrolysis) is 1. The van der Waals surface area contributed by atoms with Crippen LogP contribution in [-0.2, 0) is 89.5 Å². The molecule has 0 unspecified atom stereocenters. The molecule has 0 bridgehead atoms. The Morgan fingerprint density at radius 2 is 0.609 bits per heavy atom. The van der Waals surface area contributed by atoms with E-state index in [0.29, 0.717) is 98.8 Å². The quantitative estimate of drug-likeness (QED) is 0.0121. The standard InChI is InChI=1S/C21H39NO5.C16H28ClNO3.C16H28INO3.2C13H18O.C8H15NO3.3C7H14O/c1-19(2,3)17(24)15(22-18(25)27-21(7,8)9)13-11-10-12-14-16(23)26-20(4,5)6;2*1-5-12(19)9-7-6-8-10-13(18-14(20)11-17)15(21)16(2,3)4;2*1-5-10-6-8-11(9-7-10)12(14)13(2,3)4;1-6(10)9-12-5-7(11)8(2,3)4;3*1-5-6(8)7(2,3)4/h15H,10-14H2,1-9H3,(H,22,25);2*13H,5-11H2,1-4H3,(H,18,20);2*6-9H,5H2,1-4H3;5H2,1-4H3,(H,9,10);3*5H2,1-4H3/t15-;2*13-;;;;;;/m000....../s1. The number of esters is 1. The van der Waals surface area contributed by atoms with Crippen molar-refractivity contribution in [2.75, 3.05) is 16.9 Å². The van der Waals surface area contributed by atoms with Crippen LogP contribution < -0.4 is 21.4 Å². The maximum Gasteiger partial charge on any atom is 0.408 e. The number of alkyl halides is 2.